The first kappa shape index (κ1) is 7.90. The van der Waals surface area contributed by atoms with Crippen LogP contribution < -0.4 is 0 Å². The Morgan fingerprint density at radius 2 is 2.27 bits per heavy atom. The predicted octanol–water partition coefficient (Wildman–Crippen LogP) is 1.43. The molecule has 1 N–H and O–H groups in total. The third-order valence-electron chi connectivity index (χ3n) is 1.50. The summed E-state index contributed by atoms with van der Waals surface area (Å²) in [5.74, 6) is 3.39. The average Bonchev–Trinajstić information content (AvgIpc) is 2.36. The molecule has 0 aromatic carbocycles. The zero-order valence-corrected chi connectivity index (χ0v) is 6.59. The van der Waals surface area contributed by atoms with Gasteiger partial charge in [0.25, 0.3) is 0 Å². The normalized spacial score (nSPS) is 15.5. The van der Waals surface area contributed by atoms with Crippen LogP contribution in [0.5, 0.6) is 0 Å². The zero-order valence-electron chi connectivity index (χ0n) is 6.59. The second-order valence-corrected chi connectivity index (χ2v) is 2.63. The van der Waals surface area contributed by atoms with Crippen molar-refractivity contribution >= 4 is 0 Å². The Bertz CT molecular complexity index is 289. The predicted molar refractivity (Wildman–Crippen MR) is 41.8 cm³/mol. The van der Waals surface area contributed by atoms with Crippen LogP contribution >= 0.6 is 0 Å². The molecular formula is C9H10O2. The van der Waals surface area contributed by atoms with Crippen LogP contribution in [0.1, 0.15) is 18.4 Å². The van der Waals surface area contributed by atoms with E-state index >= 15 is 0 Å². The lowest BCUT2D eigenvalue weighted by Crippen LogP contribution is -2.16. The van der Waals surface area contributed by atoms with Gasteiger partial charge < -0.3 is 9.52 Å². The minimum absolute atomic E-state index is 0.414. The van der Waals surface area contributed by atoms with E-state index in [-0.39, 0.29) is 0 Å². The minimum atomic E-state index is -1.28. The second kappa shape index (κ2) is 2.44. The molecule has 2 heteroatoms. The van der Waals surface area contributed by atoms with Crippen molar-refractivity contribution in [3.05, 3.63) is 23.7 Å². The molecule has 1 heterocycles. The molecule has 0 fully saturated rings. The summed E-state index contributed by atoms with van der Waals surface area (Å²) >= 11 is 0. The molecule has 0 bridgehead atoms. The van der Waals surface area contributed by atoms with Crippen LogP contribution in [0.15, 0.2) is 16.5 Å². The van der Waals surface area contributed by atoms with Gasteiger partial charge in [-0.1, -0.05) is 5.92 Å². The Morgan fingerprint density at radius 1 is 1.64 bits per heavy atom. The molecular weight excluding hydrogens is 140 g/mol. The number of terminal acetylenes is 1. The SMILES string of the molecule is C#CC(C)(O)c1ccc(C)o1. The molecule has 0 spiro atoms. The summed E-state index contributed by atoms with van der Waals surface area (Å²) in [7, 11) is 0. The van der Waals surface area contributed by atoms with Gasteiger partial charge in [-0.2, -0.15) is 0 Å². The Morgan fingerprint density at radius 3 is 2.64 bits per heavy atom. The third-order valence-corrected chi connectivity index (χ3v) is 1.50. The van der Waals surface area contributed by atoms with Gasteiger partial charge in [-0.3, -0.25) is 0 Å². The van der Waals surface area contributed by atoms with E-state index in [1.807, 2.05) is 0 Å². The van der Waals surface area contributed by atoms with E-state index in [1.165, 1.54) is 6.92 Å². The van der Waals surface area contributed by atoms with Crippen LogP contribution in [0.3, 0.4) is 0 Å². The Labute approximate surface area is 65.8 Å². The maximum absolute atomic E-state index is 9.48. The molecule has 11 heavy (non-hydrogen) atoms. The van der Waals surface area contributed by atoms with Crippen molar-refractivity contribution in [2.45, 2.75) is 19.4 Å². The molecule has 0 aliphatic carbocycles. The molecule has 1 aromatic rings. The van der Waals surface area contributed by atoms with Crippen LogP contribution in [0, 0.1) is 19.3 Å². The lowest BCUT2D eigenvalue weighted by molar-refractivity contribution is 0.0945. The summed E-state index contributed by atoms with van der Waals surface area (Å²) < 4.78 is 5.15. The van der Waals surface area contributed by atoms with Crippen molar-refractivity contribution in [1.29, 1.82) is 0 Å². The largest absolute Gasteiger partial charge is 0.462 e. The van der Waals surface area contributed by atoms with Gasteiger partial charge in [-0.15, -0.1) is 6.42 Å². The molecule has 1 unspecified atom stereocenters. The fraction of sp³-hybridized carbons (Fsp3) is 0.333. The molecule has 0 aliphatic heterocycles. The van der Waals surface area contributed by atoms with Crippen molar-refractivity contribution in [3.8, 4) is 12.3 Å². The van der Waals surface area contributed by atoms with Crippen LogP contribution in [0.4, 0.5) is 0 Å². The van der Waals surface area contributed by atoms with Crippen molar-refractivity contribution in [2.24, 2.45) is 0 Å². The van der Waals surface area contributed by atoms with Gasteiger partial charge >= 0.3 is 0 Å². The van der Waals surface area contributed by atoms with Crippen molar-refractivity contribution in [1.82, 2.24) is 0 Å². The Balaban J connectivity index is 3.04. The van der Waals surface area contributed by atoms with Gasteiger partial charge in [0.1, 0.15) is 11.5 Å². The maximum Gasteiger partial charge on any atom is 0.180 e. The molecule has 1 rings (SSSR count). The molecule has 0 amide bonds. The highest BCUT2D eigenvalue weighted by Crippen LogP contribution is 2.21. The maximum atomic E-state index is 9.48. The Kier molecular flexibility index (Phi) is 1.76. The summed E-state index contributed by atoms with van der Waals surface area (Å²) in [6.07, 6.45) is 5.09. The monoisotopic (exact) mass is 150 g/mol. The van der Waals surface area contributed by atoms with Gasteiger partial charge in [0, 0.05) is 0 Å². The van der Waals surface area contributed by atoms with E-state index in [0.29, 0.717) is 5.76 Å². The number of furan rings is 1. The molecule has 2 nitrogen and oxygen atoms in total. The van der Waals surface area contributed by atoms with Crippen molar-refractivity contribution < 1.29 is 9.52 Å². The Hall–Kier alpha value is -1.20. The van der Waals surface area contributed by atoms with Crippen LogP contribution in [-0.4, -0.2) is 5.11 Å². The molecule has 1 atom stereocenters. The van der Waals surface area contributed by atoms with E-state index in [0.717, 1.165) is 5.76 Å². The molecule has 0 saturated heterocycles. The molecule has 1 aromatic heterocycles. The lowest BCUT2D eigenvalue weighted by atomic mass is 10.1. The lowest BCUT2D eigenvalue weighted by Gasteiger charge is -2.11. The molecule has 0 aliphatic rings. The standard InChI is InChI=1S/C9H10O2/c1-4-9(3,10)8-6-5-7(2)11-8/h1,5-6,10H,2-3H3. The van der Waals surface area contributed by atoms with Gasteiger partial charge in [-0.25, -0.2) is 0 Å². The van der Waals surface area contributed by atoms with E-state index < -0.39 is 5.60 Å². The van der Waals surface area contributed by atoms with E-state index in [4.69, 9.17) is 10.8 Å². The highest BCUT2D eigenvalue weighted by atomic mass is 16.4. The number of hydrogen-bond acceptors (Lipinski definition) is 2. The average molecular weight is 150 g/mol. The summed E-state index contributed by atoms with van der Waals surface area (Å²) in [6.45, 7) is 3.32. The van der Waals surface area contributed by atoms with Crippen molar-refractivity contribution in [3.63, 3.8) is 0 Å². The summed E-state index contributed by atoms with van der Waals surface area (Å²) in [5.41, 5.74) is -1.28. The summed E-state index contributed by atoms with van der Waals surface area (Å²) in [5, 5.41) is 9.48. The first-order valence-electron chi connectivity index (χ1n) is 3.33. The van der Waals surface area contributed by atoms with Gasteiger partial charge in [0.05, 0.1) is 0 Å². The molecule has 0 radical (unpaired) electrons. The molecule has 58 valence electrons. The topological polar surface area (TPSA) is 33.4 Å². The number of rotatable bonds is 1. The van der Waals surface area contributed by atoms with Crippen LogP contribution in [-0.2, 0) is 5.60 Å². The fourth-order valence-corrected chi connectivity index (χ4v) is 0.767. The minimum Gasteiger partial charge on any atom is -0.462 e. The number of aryl methyl sites for hydroxylation is 1. The fourth-order valence-electron chi connectivity index (χ4n) is 0.767. The van der Waals surface area contributed by atoms with Crippen LogP contribution in [0.25, 0.3) is 0 Å². The smallest absolute Gasteiger partial charge is 0.180 e. The highest BCUT2D eigenvalue weighted by molar-refractivity contribution is 5.21. The van der Waals surface area contributed by atoms with Gasteiger partial charge in [0.15, 0.2) is 5.60 Å². The quantitative estimate of drug-likeness (QED) is 0.614. The zero-order chi connectivity index (χ0) is 8.48. The van der Waals surface area contributed by atoms with E-state index in [9.17, 15) is 5.11 Å². The first-order valence-corrected chi connectivity index (χ1v) is 3.33. The number of aliphatic hydroxyl groups is 1. The van der Waals surface area contributed by atoms with Crippen molar-refractivity contribution in [2.75, 3.05) is 0 Å². The summed E-state index contributed by atoms with van der Waals surface area (Å²) in [6, 6.07) is 3.44. The third kappa shape index (κ3) is 1.44. The van der Waals surface area contributed by atoms with Crippen LogP contribution in [0.2, 0.25) is 0 Å². The van der Waals surface area contributed by atoms with E-state index in [2.05, 4.69) is 5.92 Å². The second-order valence-electron chi connectivity index (χ2n) is 2.63. The highest BCUT2D eigenvalue weighted by Gasteiger charge is 2.22. The van der Waals surface area contributed by atoms with Gasteiger partial charge in [0.2, 0.25) is 0 Å². The van der Waals surface area contributed by atoms with E-state index in [1.54, 1.807) is 19.1 Å². The number of hydrogen-bond donors (Lipinski definition) is 1. The first-order chi connectivity index (χ1) is 5.06. The summed E-state index contributed by atoms with van der Waals surface area (Å²) in [4.78, 5) is 0. The molecule has 0 saturated carbocycles. The van der Waals surface area contributed by atoms with Gasteiger partial charge in [-0.05, 0) is 26.0 Å².